The zero-order chi connectivity index (χ0) is 21.8. The van der Waals surface area contributed by atoms with Crippen molar-refractivity contribution in [2.45, 2.75) is 44.7 Å². The molecule has 1 aromatic heterocycles. The van der Waals surface area contributed by atoms with Crippen molar-refractivity contribution in [3.05, 3.63) is 45.2 Å². The maximum atomic E-state index is 12.5. The third-order valence-electron chi connectivity index (χ3n) is 5.27. The van der Waals surface area contributed by atoms with Crippen molar-refractivity contribution in [1.82, 2.24) is 15.3 Å². The van der Waals surface area contributed by atoms with E-state index >= 15 is 0 Å². The van der Waals surface area contributed by atoms with E-state index in [9.17, 15) is 14.4 Å². The Morgan fingerprint density at radius 3 is 2.60 bits per heavy atom. The SMILES string of the molecule is CNC(=O)c1ccc(Nc2nc(N[C@H]3CCCC[C@@H]3N)[nH]c(=O)c2C(N)=O)cc1C. The number of aryl methyl sites for hydroxylation is 1. The molecular formula is C20H27N7O3. The highest BCUT2D eigenvalue weighted by Crippen LogP contribution is 2.23. The summed E-state index contributed by atoms with van der Waals surface area (Å²) in [5.74, 6) is -0.855. The van der Waals surface area contributed by atoms with Gasteiger partial charge in [-0.25, -0.2) is 0 Å². The van der Waals surface area contributed by atoms with Crippen molar-refractivity contribution >= 4 is 29.3 Å². The van der Waals surface area contributed by atoms with Crippen LogP contribution in [0.1, 0.15) is 52.0 Å². The predicted molar refractivity (Wildman–Crippen MR) is 115 cm³/mol. The van der Waals surface area contributed by atoms with Gasteiger partial charge in [-0.15, -0.1) is 0 Å². The van der Waals surface area contributed by atoms with Gasteiger partial charge in [-0.1, -0.05) is 12.8 Å². The highest BCUT2D eigenvalue weighted by atomic mass is 16.2. The first-order valence-electron chi connectivity index (χ1n) is 9.86. The molecule has 0 aliphatic heterocycles. The monoisotopic (exact) mass is 413 g/mol. The molecule has 8 N–H and O–H groups in total. The number of anilines is 3. The Morgan fingerprint density at radius 1 is 1.23 bits per heavy atom. The fourth-order valence-corrected chi connectivity index (χ4v) is 3.64. The Balaban J connectivity index is 1.93. The van der Waals surface area contributed by atoms with E-state index in [1.165, 1.54) is 0 Å². The van der Waals surface area contributed by atoms with E-state index in [1.54, 1.807) is 32.2 Å². The lowest BCUT2D eigenvalue weighted by atomic mass is 9.91. The third-order valence-corrected chi connectivity index (χ3v) is 5.27. The minimum Gasteiger partial charge on any atom is -0.365 e. The van der Waals surface area contributed by atoms with Gasteiger partial charge in [-0.3, -0.25) is 19.4 Å². The van der Waals surface area contributed by atoms with E-state index in [2.05, 4.69) is 25.9 Å². The number of aromatic amines is 1. The molecule has 30 heavy (non-hydrogen) atoms. The van der Waals surface area contributed by atoms with E-state index < -0.39 is 11.5 Å². The van der Waals surface area contributed by atoms with Crippen LogP contribution in [-0.2, 0) is 0 Å². The molecular weight excluding hydrogens is 386 g/mol. The molecule has 0 spiro atoms. The van der Waals surface area contributed by atoms with Gasteiger partial charge in [-0.2, -0.15) is 4.98 Å². The van der Waals surface area contributed by atoms with Crippen molar-refractivity contribution in [1.29, 1.82) is 0 Å². The average molecular weight is 413 g/mol. The number of nitrogens with two attached hydrogens (primary N) is 2. The number of nitrogens with zero attached hydrogens (tertiary/aromatic N) is 1. The lowest BCUT2D eigenvalue weighted by Crippen LogP contribution is -2.43. The molecule has 1 fully saturated rings. The van der Waals surface area contributed by atoms with E-state index in [4.69, 9.17) is 11.5 Å². The minimum atomic E-state index is -0.897. The molecule has 2 atom stereocenters. The number of rotatable bonds is 6. The van der Waals surface area contributed by atoms with Crippen LogP contribution in [0.15, 0.2) is 23.0 Å². The fraction of sp³-hybridized carbons (Fsp3) is 0.400. The molecule has 160 valence electrons. The van der Waals surface area contributed by atoms with Gasteiger partial charge in [0.05, 0.1) is 0 Å². The van der Waals surface area contributed by atoms with E-state index in [-0.39, 0.29) is 35.3 Å². The fourth-order valence-electron chi connectivity index (χ4n) is 3.64. The summed E-state index contributed by atoms with van der Waals surface area (Å²) in [4.78, 5) is 43.2. The number of nitrogens with one attached hydrogen (secondary N) is 4. The van der Waals surface area contributed by atoms with Crippen LogP contribution >= 0.6 is 0 Å². The van der Waals surface area contributed by atoms with E-state index in [0.717, 1.165) is 31.2 Å². The van der Waals surface area contributed by atoms with Crippen LogP contribution in [-0.4, -0.2) is 40.9 Å². The molecule has 2 amide bonds. The Labute approximate surface area is 173 Å². The molecule has 1 aromatic carbocycles. The zero-order valence-electron chi connectivity index (χ0n) is 17.0. The molecule has 0 bridgehead atoms. The van der Waals surface area contributed by atoms with Gasteiger partial charge in [0, 0.05) is 30.4 Å². The first-order valence-corrected chi connectivity index (χ1v) is 9.86. The summed E-state index contributed by atoms with van der Waals surface area (Å²) in [7, 11) is 1.56. The Morgan fingerprint density at radius 2 is 1.97 bits per heavy atom. The second-order valence-electron chi connectivity index (χ2n) is 7.44. The molecule has 0 radical (unpaired) electrons. The molecule has 0 saturated heterocycles. The second-order valence-corrected chi connectivity index (χ2v) is 7.44. The van der Waals surface area contributed by atoms with Gasteiger partial charge in [-0.05, 0) is 43.5 Å². The van der Waals surface area contributed by atoms with Gasteiger partial charge in [0.25, 0.3) is 17.4 Å². The van der Waals surface area contributed by atoms with Crippen LogP contribution < -0.4 is 33.0 Å². The van der Waals surface area contributed by atoms with Gasteiger partial charge in [0.1, 0.15) is 5.56 Å². The molecule has 10 heteroatoms. The third kappa shape index (κ3) is 4.60. The van der Waals surface area contributed by atoms with Gasteiger partial charge in [0.15, 0.2) is 5.82 Å². The maximum absolute atomic E-state index is 12.5. The van der Waals surface area contributed by atoms with Crippen molar-refractivity contribution in [3.63, 3.8) is 0 Å². The summed E-state index contributed by atoms with van der Waals surface area (Å²) in [6, 6.07) is 4.96. The standard InChI is InChI=1S/C20H27N7O3/c1-10-9-11(7-8-12(10)18(29)23-2)24-17-15(16(22)28)19(30)27-20(26-17)25-14-6-4-3-5-13(14)21/h7-9,13-14H,3-6,21H2,1-2H3,(H2,22,28)(H,23,29)(H3,24,25,26,27,30)/t13-,14-/m0/s1. The lowest BCUT2D eigenvalue weighted by Gasteiger charge is -2.29. The largest absolute Gasteiger partial charge is 0.365 e. The summed E-state index contributed by atoms with van der Waals surface area (Å²) >= 11 is 0. The molecule has 1 heterocycles. The van der Waals surface area contributed by atoms with Gasteiger partial charge in [0.2, 0.25) is 5.95 Å². The molecule has 0 unspecified atom stereocenters. The summed E-state index contributed by atoms with van der Waals surface area (Å²) in [6.45, 7) is 1.79. The summed E-state index contributed by atoms with van der Waals surface area (Å²) in [5.41, 5.74) is 12.4. The maximum Gasteiger partial charge on any atom is 0.267 e. The number of hydrogen-bond donors (Lipinski definition) is 6. The highest BCUT2D eigenvalue weighted by molar-refractivity contribution is 5.98. The topological polar surface area (TPSA) is 168 Å². The number of amides is 2. The highest BCUT2D eigenvalue weighted by Gasteiger charge is 2.24. The Hall–Kier alpha value is -3.40. The smallest absolute Gasteiger partial charge is 0.267 e. The lowest BCUT2D eigenvalue weighted by molar-refractivity contribution is 0.0960. The predicted octanol–water partition coefficient (Wildman–Crippen LogP) is 0.962. The van der Waals surface area contributed by atoms with Crippen molar-refractivity contribution in [2.24, 2.45) is 11.5 Å². The van der Waals surface area contributed by atoms with Crippen molar-refractivity contribution in [2.75, 3.05) is 17.7 Å². The molecule has 2 aromatic rings. The second kappa shape index (κ2) is 8.95. The van der Waals surface area contributed by atoms with Crippen LogP contribution in [0.4, 0.5) is 17.5 Å². The van der Waals surface area contributed by atoms with E-state index in [0.29, 0.717) is 11.3 Å². The molecule has 3 rings (SSSR count). The number of hydrogen-bond acceptors (Lipinski definition) is 7. The number of benzene rings is 1. The van der Waals surface area contributed by atoms with Crippen LogP contribution in [0.3, 0.4) is 0 Å². The van der Waals surface area contributed by atoms with Crippen LogP contribution in [0.25, 0.3) is 0 Å². The van der Waals surface area contributed by atoms with Gasteiger partial charge >= 0.3 is 0 Å². The first kappa shape index (κ1) is 21.3. The van der Waals surface area contributed by atoms with E-state index in [1.807, 2.05) is 0 Å². The Bertz CT molecular complexity index is 1020. The summed E-state index contributed by atoms with van der Waals surface area (Å²) in [5, 5.41) is 8.72. The molecule has 10 nitrogen and oxygen atoms in total. The molecule has 1 aliphatic carbocycles. The summed E-state index contributed by atoms with van der Waals surface area (Å²) in [6.07, 6.45) is 3.87. The normalized spacial score (nSPS) is 18.5. The number of carbonyl (C=O) groups excluding carboxylic acids is 2. The number of primary amides is 1. The number of carbonyl (C=O) groups is 2. The van der Waals surface area contributed by atoms with Crippen molar-refractivity contribution < 1.29 is 9.59 Å². The summed E-state index contributed by atoms with van der Waals surface area (Å²) < 4.78 is 0. The van der Waals surface area contributed by atoms with Crippen LogP contribution in [0, 0.1) is 6.92 Å². The zero-order valence-corrected chi connectivity index (χ0v) is 17.0. The average Bonchev–Trinajstić information content (AvgIpc) is 2.68. The number of H-pyrrole nitrogens is 1. The van der Waals surface area contributed by atoms with Crippen LogP contribution in [0.5, 0.6) is 0 Å². The Kier molecular flexibility index (Phi) is 6.36. The molecule has 1 saturated carbocycles. The first-order chi connectivity index (χ1) is 14.3. The van der Waals surface area contributed by atoms with Gasteiger partial charge < -0.3 is 27.4 Å². The molecule has 1 aliphatic rings. The van der Waals surface area contributed by atoms with Crippen LogP contribution in [0.2, 0.25) is 0 Å². The van der Waals surface area contributed by atoms with Crippen molar-refractivity contribution in [3.8, 4) is 0 Å². The quantitative estimate of drug-likeness (QED) is 0.410. The number of aromatic nitrogens is 2. The minimum absolute atomic E-state index is 0.0248.